The third-order valence-corrected chi connectivity index (χ3v) is 3.09. The van der Waals surface area contributed by atoms with Crippen LogP contribution >= 0.6 is 0 Å². The van der Waals surface area contributed by atoms with Gasteiger partial charge in [-0.15, -0.1) is 0 Å². The zero-order valence-corrected chi connectivity index (χ0v) is 11.2. The number of rotatable bonds is 6. The lowest BCUT2D eigenvalue weighted by atomic mass is 10.0. The average molecular weight is 252 g/mol. The summed E-state index contributed by atoms with van der Waals surface area (Å²) < 4.78 is 13.6. The fourth-order valence-electron chi connectivity index (χ4n) is 1.75. The van der Waals surface area contributed by atoms with Crippen LogP contribution in [0.5, 0.6) is 0 Å². The molecule has 1 aromatic rings. The molecule has 1 aromatic carbocycles. The van der Waals surface area contributed by atoms with E-state index in [0.29, 0.717) is 12.1 Å². The van der Waals surface area contributed by atoms with Crippen molar-refractivity contribution in [3.05, 3.63) is 35.6 Å². The molecular formula is C14H21FN2O. The van der Waals surface area contributed by atoms with Crippen molar-refractivity contribution in [2.45, 2.75) is 26.3 Å². The molecule has 0 aliphatic rings. The molecule has 0 aliphatic carbocycles. The first-order valence-corrected chi connectivity index (χ1v) is 6.31. The van der Waals surface area contributed by atoms with Crippen molar-refractivity contribution < 1.29 is 9.18 Å². The van der Waals surface area contributed by atoms with E-state index >= 15 is 0 Å². The van der Waals surface area contributed by atoms with Crippen LogP contribution in [0, 0.1) is 5.82 Å². The quantitative estimate of drug-likeness (QED) is 0.843. The number of likely N-dealkylation sites (N-methyl/N-ethyl adjacent to an activating group) is 1. The summed E-state index contributed by atoms with van der Waals surface area (Å²) in [6.07, 6.45) is 0.740. The fraction of sp³-hybridized carbons (Fsp3) is 0.500. The summed E-state index contributed by atoms with van der Waals surface area (Å²) in [5.41, 5.74) is 0.618. The van der Waals surface area contributed by atoms with Crippen molar-refractivity contribution in [2.24, 2.45) is 0 Å². The van der Waals surface area contributed by atoms with Crippen LogP contribution in [0.4, 0.5) is 4.39 Å². The molecule has 0 bridgehead atoms. The first kappa shape index (κ1) is 14.6. The maximum atomic E-state index is 13.6. The van der Waals surface area contributed by atoms with Gasteiger partial charge in [-0.05, 0) is 19.4 Å². The Morgan fingerprint density at radius 2 is 2.06 bits per heavy atom. The molecule has 0 aromatic heterocycles. The molecule has 0 aliphatic heterocycles. The summed E-state index contributed by atoms with van der Waals surface area (Å²) in [5.74, 6) is -0.208. The Morgan fingerprint density at radius 3 is 2.61 bits per heavy atom. The van der Waals surface area contributed by atoms with Crippen molar-refractivity contribution in [3.63, 3.8) is 0 Å². The standard InChI is InChI=1S/C14H21FN2O/c1-4-13(11-8-6-7-9-12(11)15)16-10-14(18)17(3)5-2/h6-9,13,16H,4-5,10H2,1-3H3. The van der Waals surface area contributed by atoms with Crippen LogP contribution < -0.4 is 5.32 Å². The van der Waals surface area contributed by atoms with Crippen molar-refractivity contribution in [1.29, 1.82) is 0 Å². The van der Waals surface area contributed by atoms with E-state index in [9.17, 15) is 9.18 Å². The molecule has 0 heterocycles. The van der Waals surface area contributed by atoms with E-state index in [1.165, 1.54) is 6.07 Å². The Labute approximate surface area is 108 Å². The molecule has 18 heavy (non-hydrogen) atoms. The number of nitrogens with one attached hydrogen (secondary N) is 1. The first-order valence-electron chi connectivity index (χ1n) is 6.31. The van der Waals surface area contributed by atoms with Crippen molar-refractivity contribution >= 4 is 5.91 Å². The van der Waals surface area contributed by atoms with Gasteiger partial charge in [-0.25, -0.2) is 4.39 Å². The van der Waals surface area contributed by atoms with E-state index in [0.717, 1.165) is 6.42 Å². The van der Waals surface area contributed by atoms with Crippen LogP contribution in [0.1, 0.15) is 31.9 Å². The second-order valence-electron chi connectivity index (χ2n) is 4.27. The van der Waals surface area contributed by atoms with Crippen LogP contribution in [0.3, 0.4) is 0 Å². The second kappa shape index (κ2) is 7.11. The predicted molar refractivity (Wildman–Crippen MR) is 70.7 cm³/mol. The molecule has 1 N–H and O–H groups in total. The summed E-state index contributed by atoms with van der Waals surface area (Å²) in [4.78, 5) is 13.3. The van der Waals surface area contributed by atoms with E-state index in [1.54, 1.807) is 24.1 Å². The number of halogens is 1. The maximum absolute atomic E-state index is 13.6. The highest BCUT2D eigenvalue weighted by Crippen LogP contribution is 2.19. The highest BCUT2D eigenvalue weighted by atomic mass is 19.1. The van der Waals surface area contributed by atoms with Gasteiger partial charge in [-0.2, -0.15) is 0 Å². The Kier molecular flexibility index (Phi) is 5.78. The smallest absolute Gasteiger partial charge is 0.236 e. The summed E-state index contributed by atoms with van der Waals surface area (Å²) in [6, 6.07) is 6.55. The van der Waals surface area contributed by atoms with Gasteiger partial charge in [-0.1, -0.05) is 25.1 Å². The molecule has 0 saturated carbocycles. The minimum atomic E-state index is -0.229. The third-order valence-electron chi connectivity index (χ3n) is 3.09. The lowest BCUT2D eigenvalue weighted by Gasteiger charge is -2.20. The molecule has 1 rings (SSSR count). The van der Waals surface area contributed by atoms with Crippen LogP contribution in [-0.4, -0.2) is 30.9 Å². The summed E-state index contributed by atoms with van der Waals surface area (Å²) in [7, 11) is 1.76. The van der Waals surface area contributed by atoms with Crippen LogP contribution in [0.2, 0.25) is 0 Å². The Balaban J connectivity index is 2.64. The number of carbonyl (C=O) groups excluding carboxylic acids is 1. The minimum absolute atomic E-state index is 0.0206. The number of benzene rings is 1. The minimum Gasteiger partial charge on any atom is -0.345 e. The maximum Gasteiger partial charge on any atom is 0.236 e. The van der Waals surface area contributed by atoms with Gasteiger partial charge < -0.3 is 10.2 Å². The molecule has 0 fully saturated rings. The van der Waals surface area contributed by atoms with E-state index < -0.39 is 0 Å². The molecule has 0 radical (unpaired) electrons. The normalized spacial score (nSPS) is 12.2. The highest BCUT2D eigenvalue weighted by Gasteiger charge is 2.15. The number of hydrogen-bond acceptors (Lipinski definition) is 2. The summed E-state index contributed by atoms with van der Waals surface area (Å²) in [6.45, 7) is 4.80. The second-order valence-corrected chi connectivity index (χ2v) is 4.27. The van der Waals surface area contributed by atoms with E-state index in [1.807, 2.05) is 19.9 Å². The van der Waals surface area contributed by atoms with Crippen LogP contribution in [0.25, 0.3) is 0 Å². The molecule has 3 nitrogen and oxygen atoms in total. The van der Waals surface area contributed by atoms with Gasteiger partial charge in [0.25, 0.3) is 0 Å². The predicted octanol–water partition coefficient (Wildman–Crippen LogP) is 2.34. The van der Waals surface area contributed by atoms with Gasteiger partial charge in [-0.3, -0.25) is 4.79 Å². The average Bonchev–Trinajstić information content (AvgIpc) is 2.40. The van der Waals surface area contributed by atoms with Gasteiger partial charge >= 0.3 is 0 Å². The lowest BCUT2D eigenvalue weighted by Crippen LogP contribution is -2.37. The molecule has 0 saturated heterocycles. The number of amides is 1. The zero-order chi connectivity index (χ0) is 13.5. The molecule has 1 unspecified atom stereocenters. The summed E-state index contributed by atoms with van der Waals surface area (Å²) >= 11 is 0. The number of hydrogen-bond donors (Lipinski definition) is 1. The van der Waals surface area contributed by atoms with Gasteiger partial charge in [0.15, 0.2) is 0 Å². The van der Waals surface area contributed by atoms with Gasteiger partial charge in [0.2, 0.25) is 5.91 Å². The highest BCUT2D eigenvalue weighted by molar-refractivity contribution is 5.77. The van der Waals surface area contributed by atoms with Crippen LogP contribution in [-0.2, 0) is 4.79 Å². The fourth-order valence-corrected chi connectivity index (χ4v) is 1.75. The van der Waals surface area contributed by atoms with E-state index in [2.05, 4.69) is 5.32 Å². The topological polar surface area (TPSA) is 32.3 Å². The molecule has 4 heteroatoms. The van der Waals surface area contributed by atoms with Crippen molar-refractivity contribution in [1.82, 2.24) is 10.2 Å². The molecule has 1 atom stereocenters. The van der Waals surface area contributed by atoms with E-state index in [-0.39, 0.29) is 24.3 Å². The van der Waals surface area contributed by atoms with Gasteiger partial charge in [0.1, 0.15) is 5.82 Å². The molecule has 1 amide bonds. The number of nitrogens with zero attached hydrogens (tertiary/aromatic N) is 1. The zero-order valence-electron chi connectivity index (χ0n) is 11.2. The first-order chi connectivity index (χ1) is 8.60. The lowest BCUT2D eigenvalue weighted by molar-refractivity contribution is -0.128. The Bertz CT molecular complexity index is 395. The third kappa shape index (κ3) is 3.81. The Morgan fingerprint density at radius 1 is 1.39 bits per heavy atom. The van der Waals surface area contributed by atoms with Gasteiger partial charge in [0.05, 0.1) is 6.54 Å². The SMILES string of the molecule is CCC(NCC(=O)N(C)CC)c1ccccc1F. The summed E-state index contributed by atoms with van der Waals surface area (Å²) in [5, 5.41) is 3.11. The molecule has 0 spiro atoms. The van der Waals surface area contributed by atoms with Crippen molar-refractivity contribution in [2.75, 3.05) is 20.1 Å². The van der Waals surface area contributed by atoms with Gasteiger partial charge in [0, 0.05) is 25.2 Å². The molecule has 100 valence electrons. The van der Waals surface area contributed by atoms with Crippen molar-refractivity contribution in [3.8, 4) is 0 Å². The van der Waals surface area contributed by atoms with Crippen LogP contribution in [0.15, 0.2) is 24.3 Å². The van der Waals surface area contributed by atoms with E-state index in [4.69, 9.17) is 0 Å². The molecular weight excluding hydrogens is 231 g/mol. The largest absolute Gasteiger partial charge is 0.345 e. The number of carbonyl (C=O) groups is 1. The Hall–Kier alpha value is -1.42. The monoisotopic (exact) mass is 252 g/mol.